The molecule has 0 aliphatic heterocycles. The molecule has 0 amide bonds. The first-order valence-electron chi connectivity index (χ1n) is 14.7. The number of aliphatic hydroxyl groups is 2. The van der Waals surface area contributed by atoms with Gasteiger partial charge >= 0.3 is 0 Å². The van der Waals surface area contributed by atoms with Gasteiger partial charge in [-0.3, -0.25) is 0 Å². The van der Waals surface area contributed by atoms with Gasteiger partial charge in [-0.1, -0.05) is 97.1 Å². The van der Waals surface area contributed by atoms with Gasteiger partial charge in [0.1, 0.15) is 0 Å². The lowest BCUT2D eigenvalue weighted by Gasteiger charge is -2.33. The molecule has 2 heteroatoms. The molecule has 2 N–H and O–H groups in total. The van der Waals surface area contributed by atoms with Gasteiger partial charge in [-0.15, -0.1) is 0 Å². The molecule has 1 aliphatic rings. The Morgan fingerprint density at radius 2 is 0.805 bits per heavy atom. The maximum atomic E-state index is 9.98. The minimum Gasteiger partial charge on any atom is -0.396 e. The molecule has 1 aliphatic carbocycles. The second kappa shape index (κ2) is 10.6. The van der Waals surface area contributed by atoms with Crippen LogP contribution in [0.2, 0.25) is 0 Å². The molecule has 0 heterocycles. The van der Waals surface area contributed by atoms with Crippen LogP contribution < -0.4 is 0 Å². The summed E-state index contributed by atoms with van der Waals surface area (Å²) >= 11 is 0. The number of aliphatic hydroxyl groups excluding tert-OH is 2. The van der Waals surface area contributed by atoms with Gasteiger partial charge < -0.3 is 10.2 Å². The molecule has 6 aromatic carbocycles. The molecular weight excluding hydrogens is 500 g/mol. The minimum atomic E-state index is -0.268. The van der Waals surface area contributed by atoms with Crippen LogP contribution in [0.25, 0.3) is 54.9 Å². The first kappa shape index (κ1) is 25.7. The molecule has 0 bridgehead atoms. The summed E-state index contributed by atoms with van der Waals surface area (Å²) in [4.78, 5) is 0. The number of benzene rings is 6. The molecule has 0 fully saturated rings. The van der Waals surface area contributed by atoms with Crippen molar-refractivity contribution in [1.82, 2.24) is 0 Å². The van der Waals surface area contributed by atoms with Crippen LogP contribution in [0.3, 0.4) is 0 Å². The van der Waals surface area contributed by atoms with E-state index in [0.717, 1.165) is 12.8 Å². The van der Waals surface area contributed by atoms with Crippen LogP contribution in [0.1, 0.15) is 36.8 Å². The van der Waals surface area contributed by atoms with E-state index in [0.29, 0.717) is 12.8 Å². The molecular formula is C39H34O2. The smallest absolute Gasteiger partial charge is 0.0431 e. The normalized spacial score (nSPS) is 13.4. The molecule has 0 atom stereocenters. The van der Waals surface area contributed by atoms with Crippen molar-refractivity contribution in [2.24, 2.45) is 0 Å². The monoisotopic (exact) mass is 534 g/mol. The van der Waals surface area contributed by atoms with Gasteiger partial charge in [0.15, 0.2) is 0 Å². The summed E-state index contributed by atoms with van der Waals surface area (Å²) < 4.78 is 0. The summed E-state index contributed by atoms with van der Waals surface area (Å²) in [6, 6.07) is 44.2. The second-order valence-electron chi connectivity index (χ2n) is 11.4. The van der Waals surface area contributed by atoms with E-state index < -0.39 is 0 Å². The highest BCUT2D eigenvalue weighted by atomic mass is 16.3. The van der Waals surface area contributed by atoms with Crippen molar-refractivity contribution < 1.29 is 10.2 Å². The predicted octanol–water partition coefficient (Wildman–Crippen LogP) is 9.14. The van der Waals surface area contributed by atoms with Gasteiger partial charge in [0, 0.05) is 18.6 Å². The van der Waals surface area contributed by atoms with Gasteiger partial charge in [0.05, 0.1) is 0 Å². The fourth-order valence-corrected chi connectivity index (χ4v) is 7.02. The Bertz CT molecular complexity index is 1740. The second-order valence-corrected chi connectivity index (χ2v) is 11.4. The third-order valence-corrected chi connectivity index (χ3v) is 9.05. The van der Waals surface area contributed by atoms with E-state index in [1.54, 1.807) is 0 Å². The van der Waals surface area contributed by atoms with Gasteiger partial charge in [-0.05, 0) is 116 Å². The lowest BCUT2D eigenvalue weighted by molar-refractivity contribution is 0.247. The van der Waals surface area contributed by atoms with Crippen LogP contribution >= 0.6 is 0 Å². The molecule has 41 heavy (non-hydrogen) atoms. The van der Waals surface area contributed by atoms with E-state index in [2.05, 4.69) is 121 Å². The lowest BCUT2D eigenvalue weighted by Crippen LogP contribution is -2.26. The van der Waals surface area contributed by atoms with Crippen LogP contribution in [-0.2, 0) is 5.41 Å². The summed E-state index contributed by atoms with van der Waals surface area (Å²) in [6.45, 7) is 0.306. The Hall–Kier alpha value is -4.24. The molecule has 2 nitrogen and oxygen atoms in total. The Labute approximate surface area is 241 Å². The Morgan fingerprint density at radius 1 is 0.415 bits per heavy atom. The zero-order chi connectivity index (χ0) is 27.8. The van der Waals surface area contributed by atoms with E-state index >= 15 is 0 Å². The molecule has 0 saturated heterocycles. The zero-order valence-corrected chi connectivity index (χ0v) is 23.2. The summed E-state index contributed by atoms with van der Waals surface area (Å²) in [5.41, 5.74) is 9.72. The number of fused-ring (bicyclic) bond motifs is 5. The van der Waals surface area contributed by atoms with Crippen LogP contribution in [0.5, 0.6) is 0 Å². The van der Waals surface area contributed by atoms with Gasteiger partial charge in [0.2, 0.25) is 0 Å². The Balaban J connectivity index is 1.39. The fourth-order valence-electron chi connectivity index (χ4n) is 7.02. The zero-order valence-electron chi connectivity index (χ0n) is 23.2. The number of rotatable bonds is 8. The SMILES string of the molecule is OCCCC1(CCCO)c2cc(-c3ccc4ccccc4c3)ccc2-c2ccc(-c3ccc4ccccc4c3)cc21. The van der Waals surface area contributed by atoms with Crippen molar-refractivity contribution in [2.45, 2.75) is 31.1 Å². The third-order valence-electron chi connectivity index (χ3n) is 9.05. The van der Waals surface area contributed by atoms with E-state index in [4.69, 9.17) is 0 Å². The molecule has 202 valence electrons. The average Bonchev–Trinajstić information content (AvgIpc) is 3.30. The highest BCUT2D eigenvalue weighted by Crippen LogP contribution is 2.55. The predicted molar refractivity (Wildman–Crippen MR) is 171 cm³/mol. The number of hydrogen-bond acceptors (Lipinski definition) is 2. The Morgan fingerprint density at radius 3 is 1.24 bits per heavy atom. The molecule has 0 radical (unpaired) electrons. The molecule has 0 unspecified atom stereocenters. The summed E-state index contributed by atoms with van der Waals surface area (Å²) in [5, 5.41) is 24.9. The van der Waals surface area contributed by atoms with Crippen LogP contribution in [0, 0.1) is 0 Å². The van der Waals surface area contributed by atoms with Crippen molar-refractivity contribution in [3.05, 3.63) is 132 Å². The first-order chi connectivity index (χ1) is 20.2. The minimum absolute atomic E-state index is 0.153. The summed E-state index contributed by atoms with van der Waals surface area (Å²) in [7, 11) is 0. The highest BCUT2D eigenvalue weighted by molar-refractivity contribution is 5.91. The Kier molecular flexibility index (Phi) is 6.66. The topological polar surface area (TPSA) is 40.5 Å². The van der Waals surface area contributed by atoms with E-state index in [-0.39, 0.29) is 18.6 Å². The van der Waals surface area contributed by atoms with Crippen LogP contribution in [0.15, 0.2) is 121 Å². The van der Waals surface area contributed by atoms with Crippen molar-refractivity contribution in [3.8, 4) is 33.4 Å². The average molecular weight is 535 g/mol. The van der Waals surface area contributed by atoms with Crippen LogP contribution in [-0.4, -0.2) is 23.4 Å². The summed E-state index contributed by atoms with van der Waals surface area (Å²) in [5.74, 6) is 0. The maximum Gasteiger partial charge on any atom is 0.0431 e. The summed E-state index contributed by atoms with van der Waals surface area (Å²) in [6.07, 6.45) is 3.10. The highest BCUT2D eigenvalue weighted by Gasteiger charge is 2.42. The number of hydrogen-bond donors (Lipinski definition) is 2. The fraction of sp³-hybridized carbons (Fsp3) is 0.179. The molecule has 0 aromatic heterocycles. The quantitative estimate of drug-likeness (QED) is 0.204. The van der Waals surface area contributed by atoms with Crippen LogP contribution in [0.4, 0.5) is 0 Å². The largest absolute Gasteiger partial charge is 0.396 e. The standard InChI is InChI=1S/C39H34O2/c40-21-5-19-39(20-6-22-41)37-25-33(31-13-11-27-7-1-3-9-29(27)23-31)15-17-35(37)36-18-16-34(26-38(36)39)32-14-12-28-8-2-4-10-30(28)24-32/h1-4,7-18,23-26,40-41H,5-6,19-22H2. The van der Waals surface area contributed by atoms with E-state index in [9.17, 15) is 10.2 Å². The van der Waals surface area contributed by atoms with Crippen molar-refractivity contribution >= 4 is 21.5 Å². The molecule has 0 saturated carbocycles. The first-order valence-corrected chi connectivity index (χ1v) is 14.7. The third kappa shape index (κ3) is 4.44. The maximum absolute atomic E-state index is 9.98. The van der Waals surface area contributed by atoms with Gasteiger partial charge in [0.25, 0.3) is 0 Å². The van der Waals surface area contributed by atoms with Gasteiger partial charge in [-0.25, -0.2) is 0 Å². The molecule has 6 aromatic rings. The van der Waals surface area contributed by atoms with Crippen molar-refractivity contribution in [2.75, 3.05) is 13.2 Å². The van der Waals surface area contributed by atoms with E-state index in [1.807, 2.05) is 0 Å². The van der Waals surface area contributed by atoms with E-state index in [1.165, 1.54) is 66.1 Å². The lowest BCUT2D eigenvalue weighted by atomic mass is 9.70. The van der Waals surface area contributed by atoms with Gasteiger partial charge in [-0.2, -0.15) is 0 Å². The van der Waals surface area contributed by atoms with Crippen molar-refractivity contribution in [3.63, 3.8) is 0 Å². The molecule has 0 spiro atoms. The van der Waals surface area contributed by atoms with Crippen molar-refractivity contribution in [1.29, 1.82) is 0 Å². The molecule has 7 rings (SSSR count).